The fraction of sp³-hybridized carbons (Fsp3) is 0.333. The molecule has 4 aromatic rings. The molecule has 1 aliphatic carbocycles. The van der Waals surface area contributed by atoms with Gasteiger partial charge in [0, 0.05) is 48.6 Å². The van der Waals surface area contributed by atoms with Crippen LogP contribution >= 0.6 is 0 Å². The van der Waals surface area contributed by atoms with E-state index in [0.29, 0.717) is 23.9 Å². The summed E-state index contributed by atoms with van der Waals surface area (Å²) in [5, 5.41) is 7.94. The number of nitrogens with zero attached hydrogens (tertiary/aromatic N) is 6. The lowest BCUT2D eigenvalue weighted by Gasteiger charge is -2.34. The quantitative estimate of drug-likeness (QED) is 0.609. The summed E-state index contributed by atoms with van der Waals surface area (Å²) in [6.07, 6.45) is 11.8. The van der Waals surface area contributed by atoms with Crippen LogP contribution in [0.2, 0.25) is 0 Å². The molecular formula is C18H19N7O. The molecule has 5 rings (SSSR count). The zero-order valence-electron chi connectivity index (χ0n) is 14.6. The van der Waals surface area contributed by atoms with Crippen LogP contribution < -0.4 is 5.32 Å². The minimum Gasteiger partial charge on any atom is -0.381 e. The molecule has 0 atom stereocenters. The van der Waals surface area contributed by atoms with Crippen LogP contribution in [0.25, 0.3) is 22.4 Å². The lowest BCUT2D eigenvalue weighted by atomic mass is 9.89. The van der Waals surface area contributed by atoms with Crippen LogP contribution in [0.1, 0.15) is 18.5 Å². The third kappa shape index (κ3) is 2.41. The second kappa shape index (κ2) is 5.77. The molecule has 0 saturated heterocycles. The third-order valence-electron chi connectivity index (χ3n) is 5.04. The number of rotatable bonds is 4. The number of anilines is 1. The Hall–Kier alpha value is -3.00. The second-order valence-electron chi connectivity index (χ2n) is 6.72. The van der Waals surface area contributed by atoms with Crippen molar-refractivity contribution in [2.75, 3.05) is 12.4 Å². The van der Waals surface area contributed by atoms with Crippen molar-refractivity contribution in [1.29, 1.82) is 0 Å². The van der Waals surface area contributed by atoms with E-state index in [1.165, 1.54) is 0 Å². The lowest BCUT2D eigenvalue weighted by Crippen LogP contribution is -2.40. The van der Waals surface area contributed by atoms with E-state index in [-0.39, 0.29) is 0 Å². The van der Waals surface area contributed by atoms with Gasteiger partial charge in [-0.3, -0.25) is 4.40 Å². The molecule has 4 aromatic heterocycles. The molecule has 0 spiro atoms. The number of ether oxygens (including phenoxy) is 1. The number of aromatic nitrogens is 6. The molecule has 0 bridgehead atoms. The van der Waals surface area contributed by atoms with Gasteiger partial charge < -0.3 is 10.1 Å². The van der Waals surface area contributed by atoms with E-state index in [2.05, 4.69) is 25.4 Å². The van der Waals surface area contributed by atoms with E-state index in [1.54, 1.807) is 7.11 Å². The maximum Gasteiger partial charge on any atom is 0.241 e. The lowest BCUT2D eigenvalue weighted by molar-refractivity contribution is 0.0326. The fourth-order valence-corrected chi connectivity index (χ4v) is 3.40. The Labute approximate surface area is 149 Å². The molecule has 0 amide bonds. The number of aryl methyl sites for hydroxylation is 1. The highest BCUT2D eigenvalue weighted by molar-refractivity contribution is 5.79. The first-order valence-electron chi connectivity index (χ1n) is 8.65. The van der Waals surface area contributed by atoms with Crippen LogP contribution in [0.5, 0.6) is 0 Å². The van der Waals surface area contributed by atoms with Gasteiger partial charge in [-0.05, 0) is 25.8 Å². The van der Waals surface area contributed by atoms with Crippen molar-refractivity contribution in [3.05, 3.63) is 42.7 Å². The van der Waals surface area contributed by atoms with E-state index in [0.717, 1.165) is 35.2 Å². The first-order valence-corrected chi connectivity index (χ1v) is 8.65. The number of methoxy groups -OCH3 is 1. The summed E-state index contributed by atoms with van der Waals surface area (Å²) in [7, 11) is 1.75. The maximum absolute atomic E-state index is 5.31. The molecule has 132 valence electrons. The van der Waals surface area contributed by atoms with Crippen LogP contribution in [-0.2, 0) is 4.74 Å². The average Bonchev–Trinajstić information content (AvgIpc) is 3.21. The van der Waals surface area contributed by atoms with Gasteiger partial charge >= 0.3 is 0 Å². The van der Waals surface area contributed by atoms with Gasteiger partial charge in [-0.25, -0.2) is 19.5 Å². The molecule has 1 N–H and O–H groups in total. The van der Waals surface area contributed by atoms with E-state index >= 15 is 0 Å². The van der Waals surface area contributed by atoms with Gasteiger partial charge in [-0.1, -0.05) is 0 Å². The molecule has 8 nitrogen and oxygen atoms in total. The van der Waals surface area contributed by atoms with Crippen molar-refractivity contribution >= 4 is 17.2 Å². The van der Waals surface area contributed by atoms with Crippen molar-refractivity contribution < 1.29 is 4.74 Å². The highest BCUT2D eigenvalue weighted by atomic mass is 16.5. The molecule has 1 fully saturated rings. The smallest absolute Gasteiger partial charge is 0.241 e. The molecule has 0 radical (unpaired) electrons. The maximum atomic E-state index is 5.31. The van der Waals surface area contributed by atoms with Gasteiger partial charge in [0.05, 0.1) is 24.0 Å². The van der Waals surface area contributed by atoms with Crippen LogP contribution in [0.3, 0.4) is 0 Å². The zero-order valence-corrected chi connectivity index (χ0v) is 14.6. The predicted molar refractivity (Wildman–Crippen MR) is 97.1 cm³/mol. The van der Waals surface area contributed by atoms with E-state index in [9.17, 15) is 0 Å². The van der Waals surface area contributed by atoms with Gasteiger partial charge in [-0.15, -0.1) is 5.10 Å². The summed E-state index contributed by atoms with van der Waals surface area (Å²) in [4.78, 5) is 13.2. The van der Waals surface area contributed by atoms with Crippen molar-refractivity contribution in [3.63, 3.8) is 0 Å². The monoisotopic (exact) mass is 349 g/mol. The molecule has 4 heterocycles. The predicted octanol–water partition coefficient (Wildman–Crippen LogP) is 2.34. The molecule has 8 heteroatoms. The van der Waals surface area contributed by atoms with Gasteiger partial charge in [0.25, 0.3) is 0 Å². The Morgan fingerprint density at radius 1 is 1.15 bits per heavy atom. The van der Waals surface area contributed by atoms with Crippen molar-refractivity contribution in [3.8, 4) is 11.1 Å². The zero-order chi connectivity index (χ0) is 17.7. The highest BCUT2D eigenvalue weighted by Crippen LogP contribution is 2.27. The summed E-state index contributed by atoms with van der Waals surface area (Å²) in [5.41, 5.74) is 4.04. The van der Waals surface area contributed by atoms with E-state index in [4.69, 9.17) is 4.74 Å². The second-order valence-corrected chi connectivity index (χ2v) is 6.72. The fourth-order valence-electron chi connectivity index (χ4n) is 3.40. The van der Waals surface area contributed by atoms with Gasteiger partial charge in [0.1, 0.15) is 0 Å². The number of nitrogens with one attached hydrogen (secondary N) is 1. The summed E-state index contributed by atoms with van der Waals surface area (Å²) < 4.78 is 9.15. The Kier molecular flexibility index (Phi) is 3.39. The highest BCUT2D eigenvalue weighted by Gasteiger charge is 2.29. The largest absolute Gasteiger partial charge is 0.381 e. The molecule has 0 aromatic carbocycles. The minimum absolute atomic E-state index is 0.350. The standard InChI is InChI=1S/C18H19N7O/c1-11-7-20-18-21-8-12(10-24(11)18)15-3-4-25-16(15)9-19-17(23-25)22-13-5-14(6-13)26-2/h3-4,7-10,13-14H,5-6H2,1-2H3,(H,22,23). The number of hydrogen-bond acceptors (Lipinski definition) is 6. The van der Waals surface area contributed by atoms with Crippen molar-refractivity contribution in [2.45, 2.75) is 31.9 Å². The third-order valence-corrected chi connectivity index (χ3v) is 5.04. The van der Waals surface area contributed by atoms with Gasteiger partial charge in [-0.2, -0.15) is 0 Å². The normalized spacial score (nSPS) is 19.8. The Bertz CT molecular complexity index is 1090. The topological polar surface area (TPSA) is 81.6 Å². The van der Waals surface area contributed by atoms with Crippen molar-refractivity contribution in [1.82, 2.24) is 29.0 Å². The molecule has 1 aliphatic rings. The molecular weight excluding hydrogens is 330 g/mol. The van der Waals surface area contributed by atoms with Crippen LogP contribution in [0.4, 0.5) is 5.95 Å². The SMILES string of the molecule is COC1CC(Nc2ncc3c(-c4cnc5ncc(C)n5c4)ccn3n2)C1. The molecule has 0 unspecified atom stereocenters. The van der Waals surface area contributed by atoms with Gasteiger partial charge in [0.2, 0.25) is 11.7 Å². The van der Waals surface area contributed by atoms with Crippen LogP contribution in [-0.4, -0.2) is 48.2 Å². The Morgan fingerprint density at radius 2 is 2.00 bits per heavy atom. The summed E-state index contributed by atoms with van der Waals surface area (Å²) >= 11 is 0. The van der Waals surface area contributed by atoms with E-state index in [1.807, 2.05) is 52.9 Å². The summed E-state index contributed by atoms with van der Waals surface area (Å²) in [5.74, 6) is 1.34. The molecule has 1 saturated carbocycles. The van der Waals surface area contributed by atoms with E-state index < -0.39 is 0 Å². The average molecular weight is 349 g/mol. The minimum atomic E-state index is 0.350. The molecule has 0 aliphatic heterocycles. The summed E-state index contributed by atoms with van der Waals surface area (Å²) in [6.45, 7) is 2.01. The first kappa shape index (κ1) is 15.3. The number of fused-ring (bicyclic) bond motifs is 2. The Morgan fingerprint density at radius 3 is 2.85 bits per heavy atom. The number of imidazole rings is 1. The van der Waals surface area contributed by atoms with Crippen LogP contribution in [0, 0.1) is 6.92 Å². The summed E-state index contributed by atoms with van der Waals surface area (Å²) in [6, 6.07) is 2.41. The first-order chi connectivity index (χ1) is 12.7. The molecule has 26 heavy (non-hydrogen) atoms. The van der Waals surface area contributed by atoms with Crippen LogP contribution in [0.15, 0.2) is 37.1 Å². The van der Waals surface area contributed by atoms with Gasteiger partial charge in [0.15, 0.2) is 0 Å². The Balaban J connectivity index is 1.46. The van der Waals surface area contributed by atoms with Crippen molar-refractivity contribution in [2.24, 2.45) is 0 Å². The number of hydrogen-bond donors (Lipinski definition) is 1.